The van der Waals surface area contributed by atoms with E-state index in [2.05, 4.69) is 35.0 Å². The van der Waals surface area contributed by atoms with Gasteiger partial charge in [-0.2, -0.15) is 0 Å². The number of anilines is 1. The van der Waals surface area contributed by atoms with Gasteiger partial charge in [-0.05, 0) is 43.5 Å². The van der Waals surface area contributed by atoms with Crippen molar-refractivity contribution in [2.75, 3.05) is 38.1 Å². The molecule has 0 aliphatic carbocycles. The molecule has 1 aromatic carbocycles. The number of likely N-dealkylation sites (N-methyl/N-ethyl adjacent to an activating group) is 1. The van der Waals surface area contributed by atoms with Gasteiger partial charge in [-0.15, -0.1) is 0 Å². The molecule has 1 atom stereocenters. The first-order valence-electron chi connectivity index (χ1n) is 7.08. The lowest BCUT2D eigenvalue weighted by atomic mass is 9.91. The smallest absolute Gasteiger partial charge is 0.0471 e. The fraction of sp³-hybridized carbons (Fsp3) is 0.600. The number of nitrogens with zero attached hydrogens (tertiary/aromatic N) is 2. The van der Waals surface area contributed by atoms with Crippen molar-refractivity contribution >= 4 is 5.69 Å². The van der Waals surface area contributed by atoms with Crippen molar-refractivity contribution < 1.29 is 0 Å². The van der Waals surface area contributed by atoms with Crippen molar-refractivity contribution in [2.24, 2.45) is 5.73 Å². The van der Waals surface area contributed by atoms with Gasteiger partial charge in [-0.3, -0.25) is 4.90 Å². The standard InChI is InChI=1S/C15H23N3/c1-17-10-7-13-12(15(17)11-16)5-4-6-14(13)18-8-2-3-9-18/h4-6,15H,2-3,7-11,16H2,1H3. The van der Waals surface area contributed by atoms with Crippen LogP contribution in [0.3, 0.4) is 0 Å². The summed E-state index contributed by atoms with van der Waals surface area (Å²) in [6.45, 7) is 4.28. The first-order chi connectivity index (χ1) is 8.81. The normalized spacial score (nSPS) is 24.3. The van der Waals surface area contributed by atoms with Crippen LogP contribution in [0.4, 0.5) is 5.69 Å². The van der Waals surface area contributed by atoms with Gasteiger partial charge in [0.25, 0.3) is 0 Å². The Balaban J connectivity index is 2.00. The molecule has 0 saturated carbocycles. The molecule has 0 spiro atoms. The average molecular weight is 245 g/mol. The molecular formula is C15H23N3. The van der Waals surface area contributed by atoms with Crippen LogP contribution in [0, 0.1) is 0 Å². The highest BCUT2D eigenvalue weighted by atomic mass is 15.2. The summed E-state index contributed by atoms with van der Waals surface area (Å²) in [5, 5.41) is 0. The summed E-state index contributed by atoms with van der Waals surface area (Å²) in [5.74, 6) is 0. The maximum atomic E-state index is 5.96. The molecule has 2 heterocycles. The van der Waals surface area contributed by atoms with E-state index in [1.54, 1.807) is 5.56 Å². The number of nitrogens with two attached hydrogens (primary N) is 1. The first kappa shape index (κ1) is 12.0. The van der Waals surface area contributed by atoms with Crippen molar-refractivity contribution in [3.05, 3.63) is 29.3 Å². The summed E-state index contributed by atoms with van der Waals surface area (Å²) in [6, 6.07) is 7.16. The van der Waals surface area contributed by atoms with Crippen molar-refractivity contribution in [3.63, 3.8) is 0 Å². The van der Waals surface area contributed by atoms with E-state index >= 15 is 0 Å². The summed E-state index contributed by atoms with van der Waals surface area (Å²) in [5.41, 5.74) is 10.4. The Morgan fingerprint density at radius 1 is 1.22 bits per heavy atom. The Bertz CT molecular complexity index is 409. The molecule has 0 radical (unpaired) electrons. The Hall–Kier alpha value is -1.06. The molecule has 18 heavy (non-hydrogen) atoms. The molecule has 2 aliphatic heterocycles. The van der Waals surface area contributed by atoms with E-state index in [1.165, 1.54) is 37.2 Å². The molecule has 2 aliphatic rings. The molecule has 1 fully saturated rings. The van der Waals surface area contributed by atoms with Crippen molar-refractivity contribution in [1.29, 1.82) is 0 Å². The third-order valence-corrected chi connectivity index (χ3v) is 4.46. The average Bonchev–Trinajstić information content (AvgIpc) is 2.91. The van der Waals surface area contributed by atoms with Crippen LogP contribution in [0.2, 0.25) is 0 Å². The third-order valence-electron chi connectivity index (χ3n) is 4.46. The van der Waals surface area contributed by atoms with E-state index in [4.69, 9.17) is 5.73 Å². The van der Waals surface area contributed by atoms with Gasteiger partial charge in [-0.1, -0.05) is 12.1 Å². The van der Waals surface area contributed by atoms with Gasteiger partial charge in [0.15, 0.2) is 0 Å². The molecule has 1 saturated heterocycles. The summed E-state index contributed by atoms with van der Waals surface area (Å²) >= 11 is 0. The second kappa shape index (κ2) is 4.90. The molecular weight excluding hydrogens is 222 g/mol. The topological polar surface area (TPSA) is 32.5 Å². The quantitative estimate of drug-likeness (QED) is 0.862. The predicted octanol–water partition coefficient (Wildman–Crippen LogP) is 1.77. The molecule has 3 rings (SSSR count). The van der Waals surface area contributed by atoms with Crippen LogP contribution >= 0.6 is 0 Å². The fourth-order valence-corrected chi connectivity index (χ4v) is 3.42. The van der Waals surface area contributed by atoms with Gasteiger partial charge < -0.3 is 10.6 Å². The summed E-state index contributed by atoms with van der Waals surface area (Å²) in [6.07, 6.45) is 3.84. The third kappa shape index (κ3) is 1.91. The number of benzene rings is 1. The van der Waals surface area contributed by atoms with Crippen molar-refractivity contribution in [1.82, 2.24) is 4.90 Å². The summed E-state index contributed by atoms with van der Waals surface area (Å²) < 4.78 is 0. The molecule has 0 amide bonds. The zero-order valence-electron chi connectivity index (χ0n) is 11.2. The van der Waals surface area contributed by atoms with Crippen LogP contribution in [-0.4, -0.2) is 38.1 Å². The molecule has 2 N–H and O–H groups in total. The second-order valence-electron chi connectivity index (χ2n) is 5.52. The molecule has 3 heteroatoms. The summed E-state index contributed by atoms with van der Waals surface area (Å²) in [7, 11) is 2.18. The molecule has 1 unspecified atom stereocenters. The Morgan fingerprint density at radius 3 is 2.72 bits per heavy atom. The molecule has 0 bridgehead atoms. The lowest BCUT2D eigenvalue weighted by Gasteiger charge is -2.36. The Morgan fingerprint density at radius 2 is 2.00 bits per heavy atom. The largest absolute Gasteiger partial charge is 0.371 e. The van der Waals surface area contributed by atoms with Crippen LogP contribution in [0.15, 0.2) is 18.2 Å². The SMILES string of the molecule is CN1CCc2c(cccc2N2CCCC2)C1CN. The maximum absolute atomic E-state index is 5.96. The van der Waals surface area contributed by atoms with Crippen LogP contribution in [0.25, 0.3) is 0 Å². The van der Waals surface area contributed by atoms with Gasteiger partial charge in [-0.25, -0.2) is 0 Å². The predicted molar refractivity (Wildman–Crippen MR) is 76.0 cm³/mol. The Labute approximate surface area is 110 Å². The number of hydrogen-bond acceptors (Lipinski definition) is 3. The van der Waals surface area contributed by atoms with Crippen molar-refractivity contribution in [3.8, 4) is 0 Å². The summed E-state index contributed by atoms with van der Waals surface area (Å²) in [4.78, 5) is 4.94. The lowest BCUT2D eigenvalue weighted by Crippen LogP contribution is -2.37. The lowest BCUT2D eigenvalue weighted by molar-refractivity contribution is 0.236. The van der Waals surface area contributed by atoms with Gasteiger partial charge in [0.05, 0.1) is 0 Å². The molecule has 98 valence electrons. The van der Waals surface area contributed by atoms with Gasteiger partial charge >= 0.3 is 0 Å². The van der Waals surface area contributed by atoms with Crippen molar-refractivity contribution in [2.45, 2.75) is 25.3 Å². The minimum Gasteiger partial charge on any atom is -0.371 e. The molecule has 0 aromatic heterocycles. The first-order valence-corrected chi connectivity index (χ1v) is 7.08. The van der Waals surface area contributed by atoms with Crippen LogP contribution < -0.4 is 10.6 Å². The van der Waals surface area contributed by atoms with Gasteiger partial charge in [0.2, 0.25) is 0 Å². The number of rotatable bonds is 2. The molecule has 1 aromatic rings. The zero-order chi connectivity index (χ0) is 12.5. The minimum absolute atomic E-state index is 0.399. The fourth-order valence-electron chi connectivity index (χ4n) is 3.42. The maximum Gasteiger partial charge on any atom is 0.0471 e. The van der Waals surface area contributed by atoms with Crippen LogP contribution in [-0.2, 0) is 6.42 Å². The zero-order valence-corrected chi connectivity index (χ0v) is 11.2. The Kier molecular flexibility index (Phi) is 3.27. The van der Waals surface area contributed by atoms with Crippen LogP contribution in [0.5, 0.6) is 0 Å². The molecule has 3 nitrogen and oxygen atoms in total. The minimum atomic E-state index is 0.399. The van der Waals surface area contributed by atoms with Crippen LogP contribution in [0.1, 0.15) is 30.0 Å². The highest BCUT2D eigenvalue weighted by molar-refractivity contribution is 5.59. The van der Waals surface area contributed by atoms with E-state index in [1.807, 2.05) is 0 Å². The van der Waals surface area contributed by atoms with Gasteiger partial charge in [0.1, 0.15) is 0 Å². The van der Waals surface area contributed by atoms with E-state index in [9.17, 15) is 0 Å². The highest BCUT2D eigenvalue weighted by Gasteiger charge is 2.27. The van der Waals surface area contributed by atoms with E-state index in [-0.39, 0.29) is 0 Å². The van der Waals surface area contributed by atoms with E-state index in [0.717, 1.165) is 13.0 Å². The second-order valence-corrected chi connectivity index (χ2v) is 5.52. The monoisotopic (exact) mass is 245 g/mol. The number of hydrogen-bond donors (Lipinski definition) is 1. The highest BCUT2D eigenvalue weighted by Crippen LogP contribution is 2.35. The van der Waals surface area contributed by atoms with Gasteiger partial charge in [0, 0.05) is 37.9 Å². The number of fused-ring (bicyclic) bond motifs is 1. The van der Waals surface area contributed by atoms with E-state index in [0.29, 0.717) is 12.6 Å². The van der Waals surface area contributed by atoms with E-state index < -0.39 is 0 Å².